The summed E-state index contributed by atoms with van der Waals surface area (Å²) in [6, 6.07) is 12.8. The number of nitrogens with one attached hydrogen (secondary N) is 1. The molecule has 2 aromatic carbocycles. The molecular formula is C15H12BrN3O2. The van der Waals surface area contributed by atoms with E-state index in [4.69, 9.17) is 10.5 Å². The molecule has 106 valence electrons. The minimum absolute atomic E-state index is 0.178. The minimum Gasteiger partial charge on any atom is -0.456 e. The predicted molar refractivity (Wildman–Crippen MR) is 83.8 cm³/mol. The number of H-pyrrole nitrogens is 1. The van der Waals surface area contributed by atoms with Crippen LogP contribution in [0.15, 0.2) is 46.9 Å². The van der Waals surface area contributed by atoms with Crippen molar-refractivity contribution in [1.82, 2.24) is 10.2 Å². The minimum atomic E-state index is -0.484. The number of halogens is 1. The highest BCUT2D eigenvalue weighted by Gasteiger charge is 2.16. The van der Waals surface area contributed by atoms with Crippen molar-refractivity contribution in [3.63, 3.8) is 0 Å². The van der Waals surface area contributed by atoms with Crippen LogP contribution >= 0.6 is 15.9 Å². The van der Waals surface area contributed by atoms with E-state index in [0.717, 1.165) is 15.6 Å². The van der Waals surface area contributed by atoms with Crippen molar-refractivity contribution in [3.8, 4) is 0 Å². The molecule has 0 saturated carbocycles. The number of nitrogens with two attached hydrogens (primary N) is 1. The number of rotatable bonds is 3. The number of hydrogen-bond donors (Lipinski definition) is 2. The molecule has 0 spiro atoms. The third-order valence-electron chi connectivity index (χ3n) is 3.10. The predicted octanol–water partition coefficient (Wildman–Crippen LogP) is 3.26. The Bertz CT molecular complexity index is 814. The highest BCUT2D eigenvalue weighted by molar-refractivity contribution is 9.10. The Morgan fingerprint density at radius 2 is 2.10 bits per heavy atom. The van der Waals surface area contributed by atoms with E-state index in [1.54, 1.807) is 18.2 Å². The summed E-state index contributed by atoms with van der Waals surface area (Å²) in [5.74, 6) is -0.484. The van der Waals surface area contributed by atoms with E-state index in [1.165, 1.54) is 0 Å². The zero-order chi connectivity index (χ0) is 14.8. The molecule has 0 saturated heterocycles. The van der Waals surface area contributed by atoms with Crippen LogP contribution in [0, 0.1) is 0 Å². The lowest BCUT2D eigenvalue weighted by Gasteiger charge is -2.05. The summed E-state index contributed by atoms with van der Waals surface area (Å²) >= 11 is 3.41. The van der Waals surface area contributed by atoms with E-state index in [2.05, 4.69) is 26.1 Å². The number of aromatic amines is 1. The monoisotopic (exact) mass is 345 g/mol. The number of nitrogens with zero attached hydrogens (tertiary/aromatic N) is 1. The first-order valence-electron chi connectivity index (χ1n) is 6.29. The highest BCUT2D eigenvalue weighted by atomic mass is 79.9. The maximum Gasteiger partial charge on any atom is 0.359 e. The third-order valence-corrected chi connectivity index (χ3v) is 3.87. The van der Waals surface area contributed by atoms with Crippen LogP contribution in [0.25, 0.3) is 10.9 Å². The largest absolute Gasteiger partial charge is 0.456 e. The average Bonchev–Trinajstić information content (AvgIpc) is 2.89. The molecule has 0 atom stereocenters. The van der Waals surface area contributed by atoms with Gasteiger partial charge in [-0.15, -0.1) is 0 Å². The Labute approximate surface area is 129 Å². The molecule has 0 amide bonds. The molecule has 0 aliphatic carbocycles. The van der Waals surface area contributed by atoms with Crippen LogP contribution in [-0.2, 0) is 11.3 Å². The van der Waals surface area contributed by atoms with E-state index >= 15 is 0 Å². The van der Waals surface area contributed by atoms with Gasteiger partial charge in [0.1, 0.15) is 6.61 Å². The summed E-state index contributed by atoms with van der Waals surface area (Å²) in [5, 5.41) is 7.45. The number of benzene rings is 2. The van der Waals surface area contributed by atoms with Crippen LogP contribution in [0.3, 0.4) is 0 Å². The van der Waals surface area contributed by atoms with Crippen molar-refractivity contribution in [3.05, 3.63) is 58.2 Å². The second kappa shape index (κ2) is 5.57. The molecule has 3 rings (SSSR count). The Balaban J connectivity index is 1.81. The molecule has 21 heavy (non-hydrogen) atoms. The molecule has 3 aromatic rings. The van der Waals surface area contributed by atoms with Gasteiger partial charge >= 0.3 is 5.97 Å². The van der Waals surface area contributed by atoms with Crippen molar-refractivity contribution >= 4 is 38.5 Å². The number of carbonyl (C=O) groups excluding carboxylic acids is 1. The topological polar surface area (TPSA) is 81.0 Å². The van der Waals surface area contributed by atoms with Crippen molar-refractivity contribution in [2.24, 2.45) is 0 Å². The van der Waals surface area contributed by atoms with Crippen molar-refractivity contribution in [2.45, 2.75) is 6.61 Å². The van der Waals surface area contributed by atoms with Gasteiger partial charge in [0.15, 0.2) is 5.69 Å². The van der Waals surface area contributed by atoms with Gasteiger partial charge in [0.05, 0.1) is 5.52 Å². The molecule has 0 fully saturated rings. The van der Waals surface area contributed by atoms with Gasteiger partial charge in [0.2, 0.25) is 0 Å². The van der Waals surface area contributed by atoms with Crippen LogP contribution in [0.5, 0.6) is 0 Å². The van der Waals surface area contributed by atoms with Gasteiger partial charge in [-0.1, -0.05) is 34.1 Å². The molecule has 0 bridgehead atoms. The summed E-state index contributed by atoms with van der Waals surface area (Å²) in [7, 11) is 0. The molecule has 1 heterocycles. The fourth-order valence-electron chi connectivity index (χ4n) is 2.01. The fourth-order valence-corrected chi connectivity index (χ4v) is 2.41. The summed E-state index contributed by atoms with van der Waals surface area (Å²) in [4.78, 5) is 12.2. The quantitative estimate of drug-likeness (QED) is 0.563. The third kappa shape index (κ3) is 2.75. The van der Waals surface area contributed by atoms with Crippen molar-refractivity contribution < 1.29 is 9.53 Å². The Hall–Kier alpha value is -2.34. The number of esters is 1. The van der Waals surface area contributed by atoms with Gasteiger partial charge in [0, 0.05) is 21.1 Å². The fraction of sp³-hybridized carbons (Fsp3) is 0.0667. The zero-order valence-corrected chi connectivity index (χ0v) is 12.6. The first-order chi connectivity index (χ1) is 10.1. The Kier molecular flexibility index (Phi) is 3.62. The second-order valence-electron chi connectivity index (χ2n) is 4.54. The molecule has 3 N–H and O–H groups in total. The van der Waals surface area contributed by atoms with Gasteiger partial charge in [0.25, 0.3) is 0 Å². The molecule has 0 aliphatic rings. The zero-order valence-electron chi connectivity index (χ0n) is 11.0. The molecular weight excluding hydrogens is 334 g/mol. The maximum absolute atomic E-state index is 12.2. The van der Waals surface area contributed by atoms with Gasteiger partial charge in [-0.05, 0) is 24.3 Å². The highest BCUT2D eigenvalue weighted by Crippen LogP contribution is 2.21. The van der Waals surface area contributed by atoms with Crippen LogP contribution < -0.4 is 5.73 Å². The number of carbonyl (C=O) groups is 1. The molecule has 0 aliphatic heterocycles. The van der Waals surface area contributed by atoms with E-state index < -0.39 is 5.97 Å². The normalized spacial score (nSPS) is 10.7. The Morgan fingerprint density at radius 3 is 2.90 bits per heavy atom. The number of anilines is 1. The van der Waals surface area contributed by atoms with Crippen LogP contribution in [0.1, 0.15) is 16.1 Å². The van der Waals surface area contributed by atoms with Gasteiger partial charge < -0.3 is 10.5 Å². The van der Waals surface area contributed by atoms with Crippen LogP contribution in [-0.4, -0.2) is 16.2 Å². The number of hydrogen-bond acceptors (Lipinski definition) is 4. The van der Waals surface area contributed by atoms with Gasteiger partial charge in [-0.2, -0.15) is 5.10 Å². The standard InChI is InChI=1S/C15H12BrN3O2/c16-12-4-2-1-3-9(12)8-21-15(20)14-11-7-10(17)5-6-13(11)18-19-14/h1-7H,8,17H2,(H,18,19). The molecule has 6 heteroatoms. The number of nitrogen functional groups attached to an aromatic ring is 1. The van der Waals surface area contributed by atoms with E-state index in [1.807, 2.05) is 24.3 Å². The average molecular weight is 346 g/mol. The SMILES string of the molecule is Nc1ccc2[nH]nc(C(=O)OCc3ccccc3Br)c2c1. The first kappa shape index (κ1) is 13.6. The van der Waals surface area contributed by atoms with E-state index in [-0.39, 0.29) is 12.3 Å². The number of ether oxygens (including phenoxy) is 1. The van der Waals surface area contributed by atoms with Crippen molar-refractivity contribution in [2.75, 3.05) is 5.73 Å². The lowest BCUT2D eigenvalue weighted by molar-refractivity contribution is 0.0467. The summed E-state index contributed by atoms with van der Waals surface area (Å²) in [6.45, 7) is 0.178. The summed E-state index contributed by atoms with van der Waals surface area (Å²) in [6.07, 6.45) is 0. The van der Waals surface area contributed by atoms with E-state index in [9.17, 15) is 4.79 Å². The number of aromatic nitrogens is 2. The first-order valence-corrected chi connectivity index (χ1v) is 7.08. The summed E-state index contributed by atoms with van der Waals surface area (Å²) in [5.41, 5.74) is 8.19. The number of fused-ring (bicyclic) bond motifs is 1. The molecule has 0 unspecified atom stereocenters. The van der Waals surface area contributed by atoms with Crippen LogP contribution in [0.4, 0.5) is 5.69 Å². The van der Waals surface area contributed by atoms with Crippen molar-refractivity contribution in [1.29, 1.82) is 0 Å². The smallest absolute Gasteiger partial charge is 0.359 e. The molecule has 1 aromatic heterocycles. The summed E-state index contributed by atoms with van der Waals surface area (Å²) < 4.78 is 6.21. The lowest BCUT2D eigenvalue weighted by Crippen LogP contribution is -2.06. The van der Waals surface area contributed by atoms with Gasteiger partial charge in [-0.3, -0.25) is 5.10 Å². The van der Waals surface area contributed by atoms with Gasteiger partial charge in [-0.25, -0.2) is 4.79 Å². The molecule has 0 radical (unpaired) electrons. The van der Waals surface area contributed by atoms with Crippen LogP contribution in [0.2, 0.25) is 0 Å². The Morgan fingerprint density at radius 1 is 1.29 bits per heavy atom. The second-order valence-corrected chi connectivity index (χ2v) is 5.40. The lowest BCUT2D eigenvalue weighted by atomic mass is 10.2. The van der Waals surface area contributed by atoms with E-state index in [0.29, 0.717) is 11.1 Å². The maximum atomic E-state index is 12.2. The molecule has 5 nitrogen and oxygen atoms in total.